The Bertz CT molecular complexity index is 1450. The van der Waals surface area contributed by atoms with Crippen LogP contribution in [0.2, 0.25) is 0 Å². The second-order valence-corrected chi connectivity index (χ2v) is 17.7. The molecule has 0 aliphatic rings. The number of allylic oxidation sites excluding steroid dienone is 20. The first-order valence-electron chi connectivity index (χ1n) is 27.5. The number of carbonyl (C=O) groups excluding carboxylic acids is 3. The highest BCUT2D eigenvalue weighted by Crippen LogP contribution is 2.12. The summed E-state index contributed by atoms with van der Waals surface area (Å²) in [6, 6.07) is 0. The van der Waals surface area contributed by atoms with Gasteiger partial charge in [0.05, 0.1) is 0 Å². The first-order valence-corrected chi connectivity index (χ1v) is 27.5. The summed E-state index contributed by atoms with van der Waals surface area (Å²) >= 11 is 0. The van der Waals surface area contributed by atoms with E-state index in [1.54, 1.807) is 0 Å². The molecule has 0 fully saturated rings. The summed E-state index contributed by atoms with van der Waals surface area (Å²) in [5, 5.41) is 0. The van der Waals surface area contributed by atoms with Crippen LogP contribution in [0.4, 0.5) is 0 Å². The number of rotatable bonds is 48. The maximum absolute atomic E-state index is 12.8. The summed E-state index contributed by atoms with van der Waals surface area (Å²) in [5.74, 6) is -1.04. The van der Waals surface area contributed by atoms with E-state index >= 15 is 0 Å². The molecule has 384 valence electrons. The van der Waals surface area contributed by atoms with Crippen molar-refractivity contribution in [1.29, 1.82) is 0 Å². The number of carbonyl (C=O) groups is 3. The first-order chi connectivity index (χ1) is 33.5. The van der Waals surface area contributed by atoms with Crippen molar-refractivity contribution in [1.82, 2.24) is 0 Å². The van der Waals surface area contributed by atoms with Crippen LogP contribution in [0.5, 0.6) is 0 Å². The van der Waals surface area contributed by atoms with Gasteiger partial charge >= 0.3 is 17.9 Å². The van der Waals surface area contributed by atoms with Crippen LogP contribution in [0.1, 0.15) is 233 Å². The van der Waals surface area contributed by atoms with Crippen LogP contribution < -0.4 is 0 Å². The molecule has 0 saturated heterocycles. The molecule has 68 heavy (non-hydrogen) atoms. The lowest BCUT2D eigenvalue weighted by Crippen LogP contribution is -2.30. The van der Waals surface area contributed by atoms with E-state index in [0.29, 0.717) is 12.8 Å². The van der Waals surface area contributed by atoms with Crippen LogP contribution in [0.3, 0.4) is 0 Å². The van der Waals surface area contributed by atoms with E-state index in [9.17, 15) is 14.4 Å². The zero-order valence-electron chi connectivity index (χ0n) is 43.8. The molecule has 0 spiro atoms. The molecule has 0 aromatic rings. The lowest BCUT2D eigenvalue weighted by molar-refractivity contribution is -0.166. The summed E-state index contributed by atoms with van der Waals surface area (Å²) in [6.45, 7) is 6.39. The van der Waals surface area contributed by atoms with Gasteiger partial charge in [-0.15, -0.1) is 0 Å². The van der Waals surface area contributed by atoms with Gasteiger partial charge in [-0.1, -0.05) is 213 Å². The van der Waals surface area contributed by atoms with Gasteiger partial charge in [0.1, 0.15) is 13.2 Å². The third kappa shape index (κ3) is 52.8. The zero-order chi connectivity index (χ0) is 49.3. The molecule has 6 heteroatoms. The monoisotopic (exact) mass is 941 g/mol. The fourth-order valence-corrected chi connectivity index (χ4v) is 7.06. The van der Waals surface area contributed by atoms with Crippen molar-refractivity contribution in [2.24, 2.45) is 0 Å². The minimum absolute atomic E-state index is 0.118. The molecule has 1 atom stereocenters. The quantitative estimate of drug-likeness (QED) is 0.0262. The molecular formula is C62H100O6. The van der Waals surface area contributed by atoms with E-state index in [1.807, 2.05) is 12.2 Å². The van der Waals surface area contributed by atoms with Crippen LogP contribution in [0.25, 0.3) is 0 Å². The molecule has 0 N–H and O–H groups in total. The molecule has 0 amide bonds. The topological polar surface area (TPSA) is 78.9 Å². The minimum atomic E-state index is -0.827. The number of unbranched alkanes of at least 4 members (excludes halogenated alkanes) is 17. The average molecular weight is 941 g/mol. The second kappa shape index (κ2) is 55.4. The highest BCUT2D eigenvalue weighted by atomic mass is 16.6. The van der Waals surface area contributed by atoms with E-state index in [0.717, 1.165) is 116 Å². The smallest absolute Gasteiger partial charge is 0.306 e. The van der Waals surface area contributed by atoms with Gasteiger partial charge in [0.15, 0.2) is 6.10 Å². The van der Waals surface area contributed by atoms with E-state index in [2.05, 4.69) is 130 Å². The molecule has 0 aromatic heterocycles. The van der Waals surface area contributed by atoms with Crippen molar-refractivity contribution < 1.29 is 28.6 Å². The Hall–Kier alpha value is -4.19. The van der Waals surface area contributed by atoms with Gasteiger partial charge in [0.25, 0.3) is 0 Å². The Morgan fingerprint density at radius 2 is 0.603 bits per heavy atom. The number of ether oxygens (including phenoxy) is 3. The Labute approximate surface area is 418 Å². The molecule has 6 nitrogen and oxygen atoms in total. The van der Waals surface area contributed by atoms with E-state index in [4.69, 9.17) is 14.2 Å². The number of hydrogen-bond donors (Lipinski definition) is 0. The molecule has 0 aliphatic carbocycles. The maximum Gasteiger partial charge on any atom is 0.306 e. The molecule has 0 rings (SSSR count). The van der Waals surface area contributed by atoms with Gasteiger partial charge < -0.3 is 14.2 Å². The van der Waals surface area contributed by atoms with Gasteiger partial charge in [-0.25, -0.2) is 0 Å². The van der Waals surface area contributed by atoms with Crippen molar-refractivity contribution in [2.75, 3.05) is 13.2 Å². The Kier molecular flexibility index (Phi) is 52.0. The van der Waals surface area contributed by atoms with Crippen LogP contribution in [0.15, 0.2) is 122 Å². The highest BCUT2D eigenvalue weighted by Gasteiger charge is 2.19. The fraction of sp³-hybridized carbons (Fsp3) is 0.629. The lowest BCUT2D eigenvalue weighted by atomic mass is 10.1. The average Bonchev–Trinajstić information content (AvgIpc) is 3.34. The summed E-state index contributed by atoms with van der Waals surface area (Å²) in [7, 11) is 0. The zero-order valence-corrected chi connectivity index (χ0v) is 43.8. The summed E-state index contributed by atoms with van der Waals surface area (Å²) < 4.78 is 16.7. The molecule has 0 heterocycles. The predicted molar refractivity (Wildman–Crippen MR) is 293 cm³/mol. The van der Waals surface area contributed by atoms with Gasteiger partial charge in [0, 0.05) is 19.3 Å². The third-order valence-corrected chi connectivity index (χ3v) is 11.2. The summed E-state index contributed by atoms with van der Waals surface area (Å²) in [4.78, 5) is 38.1. The van der Waals surface area contributed by atoms with Crippen LogP contribution >= 0.6 is 0 Å². The molecule has 0 aromatic carbocycles. The Morgan fingerprint density at radius 1 is 0.309 bits per heavy atom. The number of esters is 3. The second-order valence-electron chi connectivity index (χ2n) is 17.7. The van der Waals surface area contributed by atoms with Gasteiger partial charge in [-0.2, -0.15) is 0 Å². The normalized spacial score (nSPS) is 13.0. The molecule has 0 aliphatic heterocycles. The summed E-state index contributed by atoms with van der Waals surface area (Å²) in [5.41, 5.74) is 0. The Balaban J connectivity index is 4.57. The van der Waals surface area contributed by atoms with Crippen molar-refractivity contribution in [3.8, 4) is 0 Å². The first kappa shape index (κ1) is 63.8. The maximum atomic E-state index is 12.8. The lowest BCUT2D eigenvalue weighted by Gasteiger charge is -2.18. The van der Waals surface area contributed by atoms with Crippen molar-refractivity contribution in [2.45, 2.75) is 239 Å². The van der Waals surface area contributed by atoms with Crippen molar-refractivity contribution >= 4 is 17.9 Å². The number of hydrogen-bond acceptors (Lipinski definition) is 6. The predicted octanol–water partition coefficient (Wildman–Crippen LogP) is 18.5. The largest absolute Gasteiger partial charge is 0.462 e. The van der Waals surface area contributed by atoms with Crippen molar-refractivity contribution in [3.63, 3.8) is 0 Å². The molecular weight excluding hydrogens is 841 g/mol. The SMILES string of the molecule is CC/C=C/C/C=C/C/C=C/C/C=C/C/C=C/C/C=C/CCC(=O)OC[C@@H](COC(=O)CCCCCCC/C=C/CCCCCCC)OC(=O)CCCCCC/C=C/C/C=C/C/C=C/CCCCC. The Morgan fingerprint density at radius 3 is 1.03 bits per heavy atom. The molecule has 0 radical (unpaired) electrons. The standard InChI is InChI=1S/C62H100O6/c1-4-7-10-13-16-19-22-25-28-30-31-33-34-37-40-43-46-49-52-55-61(64)67-58-59(57-66-60(63)54-51-48-45-42-39-36-27-24-21-18-15-12-9-6-3)68-62(65)56-53-50-47-44-41-38-35-32-29-26-23-20-17-14-11-8-5-2/h7,10,16-17,19-20,24-29,31,33,35,37-38,40,46,49,59H,4-6,8-9,11-15,18,21-23,30,32,34,36,39,41-45,47-48,50-58H2,1-3H3/b10-7+,19-16+,20-17+,27-24+,28-25+,29-26+,33-31+,38-35+,40-37+,49-46+/t59-/m1/s1. The van der Waals surface area contributed by atoms with Crippen molar-refractivity contribution in [3.05, 3.63) is 122 Å². The van der Waals surface area contributed by atoms with E-state index < -0.39 is 6.10 Å². The van der Waals surface area contributed by atoms with Gasteiger partial charge in [0.2, 0.25) is 0 Å². The van der Waals surface area contributed by atoms with E-state index in [1.165, 1.54) is 70.6 Å². The third-order valence-electron chi connectivity index (χ3n) is 11.2. The van der Waals surface area contributed by atoms with Crippen LogP contribution in [-0.4, -0.2) is 37.2 Å². The molecule has 0 saturated carbocycles. The molecule has 0 bridgehead atoms. The molecule has 0 unspecified atom stereocenters. The summed E-state index contributed by atoms with van der Waals surface area (Å²) in [6.07, 6.45) is 76.2. The van der Waals surface area contributed by atoms with Crippen LogP contribution in [-0.2, 0) is 28.6 Å². The fourth-order valence-electron chi connectivity index (χ4n) is 7.06. The van der Waals surface area contributed by atoms with Gasteiger partial charge in [-0.3, -0.25) is 14.4 Å². The van der Waals surface area contributed by atoms with Crippen LogP contribution in [0, 0.1) is 0 Å². The van der Waals surface area contributed by atoms with Gasteiger partial charge in [-0.05, 0) is 122 Å². The highest BCUT2D eigenvalue weighted by molar-refractivity contribution is 5.71. The minimum Gasteiger partial charge on any atom is -0.462 e. The van der Waals surface area contributed by atoms with E-state index in [-0.39, 0.29) is 44.0 Å².